The van der Waals surface area contributed by atoms with E-state index in [1.807, 2.05) is 0 Å². The van der Waals surface area contributed by atoms with Crippen LogP contribution in [0.5, 0.6) is 0 Å². The normalized spacial score (nSPS) is 12.2. The van der Waals surface area contributed by atoms with Crippen molar-refractivity contribution >= 4 is 119 Å². The Morgan fingerprint density at radius 2 is 0.612 bits per heavy atom. The quantitative estimate of drug-likeness (QED) is 0.128. The maximum Gasteiger partial charge on any atom is 0.143 e. The van der Waals surface area contributed by atoms with Crippen molar-refractivity contribution in [2.45, 2.75) is 0 Å². The number of rotatable bonds is 3. The topological polar surface area (TPSA) is 13.1 Å². The molecule has 0 aliphatic carbocycles. The maximum atomic E-state index is 6.77. The van der Waals surface area contributed by atoms with E-state index in [9.17, 15) is 0 Å². The van der Waals surface area contributed by atoms with Crippen LogP contribution in [0.25, 0.3) is 152 Å². The van der Waals surface area contributed by atoms with Gasteiger partial charge in [-0.3, -0.25) is 0 Å². The minimum Gasteiger partial charge on any atom is -0.455 e. The zero-order valence-corrected chi connectivity index (χ0v) is 36.3. The Bertz CT molecular complexity index is 4510. The van der Waals surface area contributed by atoms with Crippen molar-refractivity contribution in [1.29, 1.82) is 0 Å². The lowest BCUT2D eigenvalue weighted by Gasteiger charge is -2.22. The molecule has 15 aromatic rings. The highest BCUT2D eigenvalue weighted by molar-refractivity contribution is 6.33. The van der Waals surface area contributed by atoms with Gasteiger partial charge in [-0.2, -0.15) is 0 Å². The first-order valence-corrected chi connectivity index (χ1v) is 23.2. The molecule has 0 N–H and O–H groups in total. The molecule has 0 radical (unpaired) electrons. The fraction of sp³-hybridized carbons (Fsp3) is 0. The average Bonchev–Trinajstić information content (AvgIpc) is 3.77. The highest BCUT2D eigenvalue weighted by Gasteiger charge is 2.24. The molecule has 67 heavy (non-hydrogen) atoms. The molecule has 0 aliphatic rings. The Morgan fingerprint density at radius 1 is 0.209 bits per heavy atom. The minimum absolute atomic E-state index is 0.914. The second kappa shape index (κ2) is 13.9. The minimum atomic E-state index is 0.914. The smallest absolute Gasteiger partial charge is 0.143 e. The van der Waals surface area contributed by atoms with Crippen molar-refractivity contribution in [3.63, 3.8) is 0 Å². The molecule has 0 fully saturated rings. The predicted molar refractivity (Wildman–Crippen MR) is 288 cm³/mol. The lowest BCUT2D eigenvalue weighted by molar-refractivity contribution is 0.673. The highest BCUT2D eigenvalue weighted by Crippen LogP contribution is 2.51. The Kier molecular flexibility index (Phi) is 7.56. The van der Waals surface area contributed by atoms with E-state index in [0.29, 0.717) is 0 Å². The molecular formula is C66H38O. The van der Waals surface area contributed by atoms with Crippen molar-refractivity contribution in [3.8, 4) is 33.4 Å². The van der Waals surface area contributed by atoms with Gasteiger partial charge in [0.05, 0.1) is 0 Å². The molecule has 308 valence electrons. The van der Waals surface area contributed by atoms with E-state index in [1.54, 1.807) is 0 Å². The summed E-state index contributed by atoms with van der Waals surface area (Å²) in [5, 5.41) is 24.5. The van der Waals surface area contributed by atoms with E-state index in [0.717, 1.165) is 27.3 Å². The van der Waals surface area contributed by atoms with Crippen LogP contribution in [0.2, 0.25) is 0 Å². The monoisotopic (exact) mass is 846 g/mol. The summed E-state index contributed by atoms with van der Waals surface area (Å²) in [7, 11) is 0. The number of benzene rings is 14. The van der Waals surface area contributed by atoms with Gasteiger partial charge in [-0.25, -0.2) is 0 Å². The molecule has 15 rings (SSSR count). The number of fused-ring (bicyclic) bond motifs is 16. The van der Waals surface area contributed by atoms with Crippen molar-refractivity contribution in [2.75, 3.05) is 0 Å². The summed E-state index contributed by atoms with van der Waals surface area (Å²) < 4.78 is 6.77. The van der Waals surface area contributed by atoms with Gasteiger partial charge in [0.1, 0.15) is 11.2 Å². The molecule has 14 aromatic carbocycles. The van der Waals surface area contributed by atoms with Gasteiger partial charge in [-0.15, -0.1) is 0 Å². The largest absolute Gasteiger partial charge is 0.455 e. The third-order valence-corrected chi connectivity index (χ3v) is 14.8. The van der Waals surface area contributed by atoms with Crippen LogP contribution in [0.15, 0.2) is 235 Å². The van der Waals surface area contributed by atoms with Crippen molar-refractivity contribution in [1.82, 2.24) is 0 Å². The molecule has 0 bridgehead atoms. The molecule has 1 aromatic heterocycles. The fourth-order valence-electron chi connectivity index (χ4n) is 11.9. The summed E-state index contributed by atoms with van der Waals surface area (Å²) in [6.07, 6.45) is 0. The van der Waals surface area contributed by atoms with Crippen LogP contribution in [-0.2, 0) is 0 Å². The lowest BCUT2D eigenvalue weighted by Crippen LogP contribution is -1.95. The number of hydrogen-bond donors (Lipinski definition) is 0. The van der Waals surface area contributed by atoms with Gasteiger partial charge in [0, 0.05) is 16.2 Å². The van der Waals surface area contributed by atoms with Crippen LogP contribution < -0.4 is 0 Å². The van der Waals surface area contributed by atoms with Gasteiger partial charge >= 0.3 is 0 Å². The van der Waals surface area contributed by atoms with E-state index in [4.69, 9.17) is 4.42 Å². The molecule has 0 amide bonds. The summed E-state index contributed by atoms with van der Waals surface area (Å²) in [6.45, 7) is 0. The molecule has 0 atom stereocenters. The first-order chi connectivity index (χ1) is 33.3. The van der Waals surface area contributed by atoms with Gasteiger partial charge in [0.15, 0.2) is 0 Å². The zero-order valence-electron chi connectivity index (χ0n) is 36.3. The Labute approximate surface area is 385 Å². The lowest BCUT2D eigenvalue weighted by atomic mass is 9.80. The van der Waals surface area contributed by atoms with Crippen LogP contribution >= 0.6 is 0 Å². The summed E-state index contributed by atoms with van der Waals surface area (Å²) in [6, 6.07) is 85.5. The summed E-state index contributed by atoms with van der Waals surface area (Å²) in [5.74, 6) is 0. The van der Waals surface area contributed by atoms with Gasteiger partial charge in [0.2, 0.25) is 0 Å². The highest BCUT2D eigenvalue weighted by atomic mass is 16.3. The van der Waals surface area contributed by atoms with E-state index >= 15 is 0 Å². The molecular weight excluding hydrogens is 809 g/mol. The number of furan rings is 1. The molecule has 1 heteroatoms. The first-order valence-electron chi connectivity index (χ1n) is 23.2. The predicted octanol–water partition coefficient (Wildman–Crippen LogP) is 19.0. The number of hydrogen-bond acceptors (Lipinski definition) is 1. The van der Waals surface area contributed by atoms with Crippen molar-refractivity contribution in [2.24, 2.45) is 0 Å². The van der Waals surface area contributed by atoms with Crippen molar-refractivity contribution < 1.29 is 4.42 Å². The van der Waals surface area contributed by atoms with Crippen molar-refractivity contribution in [3.05, 3.63) is 231 Å². The van der Waals surface area contributed by atoms with Crippen LogP contribution in [0.1, 0.15) is 0 Å². The van der Waals surface area contributed by atoms with Crippen LogP contribution in [0.3, 0.4) is 0 Å². The van der Waals surface area contributed by atoms with Gasteiger partial charge < -0.3 is 4.42 Å². The Balaban J connectivity index is 1.01. The van der Waals surface area contributed by atoms with E-state index in [1.165, 1.54) is 125 Å². The molecule has 1 nitrogen and oxygen atoms in total. The molecule has 0 spiro atoms. The third-order valence-electron chi connectivity index (χ3n) is 14.8. The second-order valence-electron chi connectivity index (χ2n) is 18.2. The van der Waals surface area contributed by atoms with E-state index in [-0.39, 0.29) is 0 Å². The van der Waals surface area contributed by atoms with Gasteiger partial charge in [-0.1, -0.05) is 206 Å². The summed E-state index contributed by atoms with van der Waals surface area (Å²) in [4.78, 5) is 0. The Morgan fingerprint density at radius 3 is 1.19 bits per heavy atom. The molecule has 0 aliphatic heterocycles. The van der Waals surface area contributed by atoms with Crippen LogP contribution in [0, 0.1) is 0 Å². The Hall–Kier alpha value is -8.78. The molecule has 1 heterocycles. The molecule has 0 saturated carbocycles. The SMILES string of the molecule is c1ccc2c(-c3c4ccccc4c(-c4c5ccccc5c(-c5ccc6c(c5)c5ccccc5c5cc7c(cc65)oc5c6ccccc6ccc75)c5ccccc45)c4ccccc34)cccc2c1. The van der Waals surface area contributed by atoms with Crippen LogP contribution in [0.4, 0.5) is 0 Å². The van der Waals surface area contributed by atoms with Gasteiger partial charge in [-0.05, 0) is 149 Å². The fourth-order valence-corrected chi connectivity index (χ4v) is 11.9. The summed E-state index contributed by atoms with van der Waals surface area (Å²) in [5.41, 5.74) is 9.40. The van der Waals surface area contributed by atoms with Gasteiger partial charge in [0.25, 0.3) is 0 Å². The zero-order chi connectivity index (χ0) is 43.7. The standard InChI is InChI=1S/C66H38O/c1-3-19-42-39(16-1)18-15-31-47(42)63-50-25-9-13-29-54(50)65(55-30-14-10-26-51(55)63)64-52-27-11-7-23-48(52)62(49-24-8-12-28-53(49)64)41-33-34-46-57(36-41)44-21-5-6-22-45(44)58-37-60-56-35-32-40-17-2-4-20-43(40)66(56)67-61(60)38-59(46)58/h1-38H. The van der Waals surface area contributed by atoms with E-state index < -0.39 is 0 Å². The average molecular weight is 847 g/mol. The third kappa shape index (κ3) is 5.14. The van der Waals surface area contributed by atoms with Crippen LogP contribution in [-0.4, -0.2) is 0 Å². The summed E-state index contributed by atoms with van der Waals surface area (Å²) >= 11 is 0. The maximum absolute atomic E-state index is 6.77. The van der Waals surface area contributed by atoms with E-state index in [2.05, 4.69) is 231 Å². The first kappa shape index (κ1) is 36.5. The second-order valence-corrected chi connectivity index (χ2v) is 18.2. The molecule has 0 unspecified atom stereocenters. The molecule has 0 saturated heterocycles.